The molecule has 1 atom stereocenters. The highest BCUT2D eigenvalue weighted by molar-refractivity contribution is 5.86. The van der Waals surface area contributed by atoms with Crippen LogP contribution in [0.5, 0.6) is 0 Å². The average molecular weight is 338 g/mol. The number of nitrogens with zero attached hydrogens (tertiary/aromatic N) is 2. The zero-order valence-electron chi connectivity index (χ0n) is 14.0. The monoisotopic (exact) mass is 338 g/mol. The summed E-state index contributed by atoms with van der Waals surface area (Å²) in [6.45, 7) is 3.42. The van der Waals surface area contributed by atoms with E-state index in [1.807, 2.05) is 4.90 Å². The largest absolute Gasteiger partial charge is 0.481 e. The first-order valence-corrected chi connectivity index (χ1v) is 8.89. The lowest BCUT2D eigenvalue weighted by molar-refractivity contribution is -0.160. The number of hydrogen-bond donors (Lipinski definition) is 1. The molecule has 2 amide bonds. The molecule has 0 aromatic rings. The van der Waals surface area contributed by atoms with E-state index in [4.69, 9.17) is 4.74 Å². The number of carbonyl (C=O) groups excluding carboxylic acids is 2. The summed E-state index contributed by atoms with van der Waals surface area (Å²) in [7, 11) is 0. The second-order valence-corrected chi connectivity index (χ2v) is 7.23. The molecule has 7 nitrogen and oxygen atoms in total. The van der Waals surface area contributed by atoms with E-state index in [2.05, 4.69) is 0 Å². The van der Waals surface area contributed by atoms with E-state index in [-0.39, 0.29) is 24.2 Å². The Hall–Kier alpha value is -1.63. The maximum Gasteiger partial charge on any atom is 0.310 e. The quantitative estimate of drug-likeness (QED) is 0.816. The number of aliphatic carboxylic acids is 1. The second-order valence-electron chi connectivity index (χ2n) is 7.23. The Labute approximate surface area is 141 Å². The first-order valence-electron chi connectivity index (χ1n) is 8.89. The molecule has 0 aromatic carbocycles. The van der Waals surface area contributed by atoms with Crippen LogP contribution in [0.15, 0.2) is 0 Å². The number of piperidine rings is 1. The van der Waals surface area contributed by atoms with Crippen LogP contribution in [0.1, 0.15) is 38.5 Å². The van der Waals surface area contributed by atoms with Gasteiger partial charge in [0.25, 0.3) is 0 Å². The van der Waals surface area contributed by atoms with E-state index < -0.39 is 11.4 Å². The molecule has 0 bridgehead atoms. The molecule has 3 fully saturated rings. The number of hydrogen-bond acceptors (Lipinski definition) is 4. The number of likely N-dealkylation sites (tertiary alicyclic amines) is 1. The van der Waals surface area contributed by atoms with Gasteiger partial charge < -0.3 is 19.6 Å². The van der Waals surface area contributed by atoms with Gasteiger partial charge in [-0.05, 0) is 25.7 Å². The van der Waals surface area contributed by atoms with Crippen LogP contribution in [0.4, 0.5) is 0 Å². The first kappa shape index (κ1) is 17.2. The first-order chi connectivity index (χ1) is 11.5. The Morgan fingerprint density at radius 1 is 1.04 bits per heavy atom. The summed E-state index contributed by atoms with van der Waals surface area (Å²) in [5.74, 6) is -1.04. The molecular formula is C17H26N2O5. The second kappa shape index (κ2) is 7.09. The number of amides is 2. The molecule has 1 unspecified atom stereocenters. The molecule has 7 heteroatoms. The fourth-order valence-corrected chi connectivity index (χ4v) is 3.92. The molecule has 1 saturated carbocycles. The molecule has 3 aliphatic rings. The van der Waals surface area contributed by atoms with Crippen molar-refractivity contribution in [1.82, 2.24) is 9.80 Å². The molecule has 3 rings (SSSR count). The number of carboxylic acids is 1. The molecule has 0 aromatic heterocycles. The van der Waals surface area contributed by atoms with Gasteiger partial charge in [0.1, 0.15) is 0 Å². The van der Waals surface area contributed by atoms with Crippen molar-refractivity contribution in [3.63, 3.8) is 0 Å². The predicted molar refractivity (Wildman–Crippen MR) is 85.2 cm³/mol. The highest BCUT2D eigenvalue weighted by atomic mass is 16.5. The summed E-state index contributed by atoms with van der Waals surface area (Å²) in [4.78, 5) is 40.2. The smallest absolute Gasteiger partial charge is 0.310 e. The standard InChI is InChI=1S/C17H26N2O5/c20-14(11-17(16(22)23)4-2-5-17)19-6-1-3-13(12-19)15(21)18-7-9-24-10-8-18/h13H,1-12H2,(H,22,23). The Kier molecular flexibility index (Phi) is 5.08. The van der Waals surface area contributed by atoms with Crippen LogP contribution in [0.25, 0.3) is 0 Å². The van der Waals surface area contributed by atoms with Gasteiger partial charge in [0.05, 0.1) is 24.5 Å². The topological polar surface area (TPSA) is 87.2 Å². The van der Waals surface area contributed by atoms with Gasteiger partial charge in [-0.2, -0.15) is 0 Å². The number of morpholine rings is 1. The van der Waals surface area contributed by atoms with Crippen LogP contribution < -0.4 is 0 Å². The molecule has 2 aliphatic heterocycles. The van der Waals surface area contributed by atoms with E-state index in [0.29, 0.717) is 52.2 Å². The summed E-state index contributed by atoms with van der Waals surface area (Å²) < 4.78 is 5.28. The van der Waals surface area contributed by atoms with Gasteiger partial charge in [-0.15, -0.1) is 0 Å². The third-order valence-electron chi connectivity index (χ3n) is 5.70. The zero-order valence-corrected chi connectivity index (χ0v) is 14.0. The Morgan fingerprint density at radius 2 is 1.75 bits per heavy atom. The highest BCUT2D eigenvalue weighted by Gasteiger charge is 2.47. The predicted octanol–water partition coefficient (Wildman–Crippen LogP) is 0.729. The van der Waals surface area contributed by atoms with Crippen LogP contribution in [-0.4, -0.2) is 72.1 Å². The van der Waals surface area contributed by atoms with Crippen molar-refractivity contribution < 1.29 is 24.2 Å². The zero-order chi connectivity index (χ0) is 17.2. The van der Waals surface area contributed by atoms with E-state index in [1.165, 1.54) is 0 Å². The van der Waals surface area contributed by atoms with Crippen molar-refractivity contribution in [1.29, 1.82) is 0 Å². The minimum absolute atomic E-state index is 0.0702. The summed E-state index contributed by atoms with van der Waals surface area (Å²) in [6, 6.07) is 0. The van der Waals surface area contributed by atoms with E-state index >= 15 is 0 Å². The van der Waals surface area contributed by atoms with Crippen LogP contribution in [0.3, 0.4) is 0 Å². The number of rotatable bonds is 4. The van der Waals surface area contributed by atoms with Gasteiger partial charge in [-0.3, -0.25) is 14.4 Å². The Balaban J connectivity index is 1.57. The van der Waals surface area contributed by atoms with E-state index in [9.17, 15) is 19.5 Å². The average Bonchev–Trinajstić information content (AvgIpc) is 2.57. The summed E-state index contributed by atoms with van der Waals surface area (Å²) in [5.41, 5.74) is -0.863. The minimum Gasteiger partial charge on any atom is -0.481 e. The van der Waals surface area contributed by atoms with Crippen molar-refractivity contribution >= 4 is 17.8 Å². The number of carbonyl (C=O) groups is 3. The van der Waals surface area contributed by atoms with Gasteiger partial charge in [-0.25, -0.2) is 0 Å². The highest BCUT2D eigenvalue weighted by Crippen LogP contribution is 2.44. The number of ether oxygens (including phenoxy) is 1. The van der Waals surface area contributed by atoms with Gasteiger partial charge in [0.2, 0.25) is 11.8 Å². The molecule has 0 spiro atoms. The lowest BCUT2D eigenvalue weighted by Gasteiger charge is -2.40. The van der Waals surface area contributed by atoms with Crippen LogP contribution in [0, 0.1) is 11.3 Å². The summed E-state index contributed by atoms with van der Waals surface area (Å²) in [6.07, 6.45) is 3.70. The molecular weight excluding hydrogens is 312 g/mol. The molecule has 24 heavy (non-hydrogen) atoms. The molecule has 1 aliphatic carbocycles. The molecule has 1 N–H and O–H groups in total. The van der Waals surface area contributed by atoms with Crippen LogP contribution in [0.2, 0.25) is 0 Å². The lowest BCUT2D eigenvalue weighted by atomic mass is 9.66. The maximum atomic E-state index is 12.6. The van der Waals surface area contributed by atoms with E-state index in [1.54, 1.807) is 4.90 Å². The fraction of sp³-hybridized carbons (Fsp3) is 0.824. The summed E-state index contributed by atoms with van der Waals surface area (Å²) in [5, 5.41) is 9.40. The van der Waals surface area contributed by atoms with Crippen LogP contribution in [-0.2, 0) is 19.1 Å². The van der Waals surface area contributed by atoms with Crippen molar-refractivity contribution in [2.45, 2.75) is 38.5 Å². The lowest BCUT2D eigenvalue weighted by Crippen LogP contribution is -2.51. The minimum atomic E-state index is -0.863. The fourth-order valence-electron chi connectivity index (χ4n) is 3.92. The Morgan fingerprint density at radius 3 is 2.33 bits per heavy atom. The van der Waals surface area contributed by atoms with Gasteiger partial charge in [0, 0.05) is 32.6 Å². The SMILES string of the molecule is O=C(CC1(C(=O)O)CCC1)N1CCCC(C(=O)N2CCOCC2)C1. The molecule has 2 heterocycles. The van der Waals surface area contributed by atoms with Gasteiger partial charge in [-0.1, -0.05) is 6.42 Å². The third-order valence-corrected chi connectivity index (χ3v) is 5.70. The summed E-state index contributed by atoms with van der Waals surface area (Å²) >= 11 is 0. The molecule has 134 valence electrons. The molecule has 0 radical (unpaired) electrons. The third kappa shape index (κ3) is 3.41. The molecule has 2 saturated heterocycles. The Bertz CT molecular complexity index is 511. The van der Waals surface area contributed by atoms with Crippen molar-refractivity contribution in [2.24, 2.45) is 11.3 Å². The van der Waals surface area contributed by atoms with Crippen molar-refractivity contribution in [2.75, 3.05) is 39.4 Å². The van der Waals surface area contributed by atoms with Crippen molar-refractivity contribution in [3.05, 3.63) is 0 Å². The normalized spacial score (nSPS) is 26.6. The van der Waals surface area contributed by atoms with E-state index in [0.717, 1.165) is 19.3 Å². The van der Waals surface area contributed by atoms with Crippen molar-refractivity contribution in [3.8, 4) is 0 Å². The maximum absolute atomic E-state index is 12.6. The number of carboxylic acid groups (broad SMARTS) is 1. The van der Waals surface area contributed by atoms with Gasteiger partial charge >= 0.3 is 5.97 Å². The van der Waals surface area contributed by atoms with Crippen LogP contribution >= 0.6 is 0 Å². The van der Waals surface area contributed by atoms with Gasteiger partial charge in [0.15, 0.2) is 0 Å².